The number of carbonyl (C=O) groups excluding carboxylic acids is 1. The zero-order valence-corrected chi connectivity index (χ0v) is 19.7. The Hall–Kier alpha value is -3.53. The number of nitrogens with zero attached hydrogens (tertiary/aromatic N) is 4. The standard InChI is InChI=1S/C24H20ClN5O3S/c1-29-13-14-30(34(29,32)33)18-7-4-16(5-8-18)24(31)28-17-6-9-21(25)20(15-17)23-19-3-2-11-26-22(19)10-12-27-23/h2-12,15H,13-14H2,1H3,(H,28,31). The third-order valence-electron chi connectivity index (χ3n) is 5.72. The summed E-state index contributed by atoms with van der Waals surface area (Å²) in [5.74, 6) is -0.325. The van der Waals surface area contributed by atoms with E-state index in [1.54, 1.807) is 61.9 Å². The van der Waals surface area contributed by atoms with Gasteiger partial charge in [0, 0.05) is 54.7 Å². The topological polar surface area (TPSA) is 95.5 Å². The second-order valence-electron chi connectivity index (χ2n) is 7.83. The molecule has 2 aromatic heterocycles. The fourth-order valence-corrected chi connectivity index (χ4v) is 5.43. The zero-order valence-electron chi connectivity index (χ0n) is 18.1. The second kappa shape index (κ2) is 8.68. The molecule has 4 aromatic rings. The van der Waals surface area contributed by atoms with Gasteiger partial charge in [-0.1, -0.05) is 11.6 Å². The fourth-order valence-electron chi connectivity index (χ4n) is 3.88. The third-order valence-corrected chi connectivity index (χ3v) is 7.97. The Morgan fingerprint density at radius 2 is 1.79 bits per heavy atom. The lowest BCUT2D eigenvalue weighted by Gasteiger charge is -2.18. The Labute approximate surface area is 202 Å². The molecule has 8 nitrogen and oxygen atoms in total. The van der Waals surface area contributed by atoms with E-state index in [2.05, 4.69) is 15.3 Å². The molecule has 3 heterocycles. The van der Waals surface area contributed by atoms with Crippen LogP contribution in [0.1, 0.15) is 10.4 Å². The third kappa shape index (κ3) is 3.98. The number of amides is 1. The molecule has 1 N–H and O–H groups in total. The highest BCUT2D eigenvalue weighted by Gasteiger charge is 2.33. The number of hydrogen-bond donors (Lipinski definition) is 1. The van der Waals surface area contributed by atoms with Gasteiger partial charge in [0.1, 0.15) is 0 Å². The van der Waals surface area contributed by atoms with E-state index in [9.17, 15) is 13.2 Å². The molecule has 1 amide bonds. The SMILES string of the molecule is CN1CCN(c2ccc(C(=O)Nc3ccc(Cl)c(-c4nccc5ncccc45)c3)cc2)S1(=O)=O. The Morgan fingerprint density at radius 1 is 1.00 bits per heavy atom. The van der Waals surface area contributed by atoms with Crippen molar-refractivity contribution < 1.29 is 13.2 Å². The molecule has 1 aliphatic heterocycles. The van der Waals surface area contributed by atoms with Crippen LogP contribution in [-0.2, 0) is 10.2 Å². The molecule has 1 fully saturated rings. The van der Waals surface area contributed by atoms with Crippen LogP contribution >= 0.6 is 11.6 Å². The summed E-state index contributed by atoms with van der Waals surface area (Å²) < 4.78 is 27.4. The van der Waals surface area contributed by atoms with Gasteiger partial charge in [0.2, 0.25) is 0 Å². The van der Waals surface area contributed by atoms with Crippen LogP contribution in [0.2, 0.25) is 5.02 Å². The molecule has 0 saturated carbocycles. The number of carbonyl (C=O) groups is 1. The molecular formula is C24H20ClN5O3S. The molecule has 0 aliphatic carbocycles. The van der Waals surface area contributed by atoms with Crippen LogP contribution in [0.4, 0.5) is 11.4 Å². The summed E-state index contributed by atoms with van der Waals surface area (Å²) in [4.78, 5) is 21.7. The Kier molecular flexibility index (Phi) is 5.68. The predicted molar refractivity (Wildman–Crippen MR) is 133 cm³/mol. The van der Waals surface area contributed by atoms with Crippen molar-refractivity contribution in [3.63, 3.8) is 0 Å². The number of aromatic nitrogens is 2. The number of pyridine rings is 2. The largest absolute Gasteiger partial charge is 0.322 e. The summed E-state index contributed by atoms with van der Waals surface area (Å²) >= 11 is 6.47. The fraction of sp³-hybridized carbons (Fsp3) is 0.125. The molecule has 172 valence electrons. The van der Waals surface area contributed by atoms with Crippen LogP contribution in [0, 0.1) is 0 Å². The van der Waals surface area contributed by atoms with Gasteiger partial charge in [-0.15, -0.1) is 0 Å². The number of hydrogen-bond acceptors (Lipinski definition) is 5. The minimum absolute atomic E-state index is 0.325. The average Bonchev–Trinajstić information content (AvgIpc) is 3.12. The molecule has 0 spiro atoms. The van der Waals surface area contributed by atoms with Gasteiger partial charge in [0.05, 0.1) is 21.9 Å². The summed E-state index contributed by atoms with van der Waals surface area (Å²) in [7, 11) is -1.96. The number of likely N-dealkylation sites (N-methyl/N-ethyl adjacent to an activating group) is 1. The molecule has 0 unspecified atom stereocenters. The first-order valence-electron chi connectivity index (χ1n) is 10.5. The van der Waals surface area contributed by atoms with Crippen LogP contribution < -0.4 is 9.62 Å². The van der Waals surface area contributed by atoms with Gasteiger partial charge in [-0.3, -0.25) is 19.1 Å². The van der Waals surface area contributed by atoms with Crippen LogP contribution in [0.25, 0.3) is 22.2 Å². The van der Waals surface area contributed by atoms with Crippen LogP contribution in [0.5, 0.6) is 0 Å². The van der Waals surface area contributed by atoms with E-state index in [0.717, 1.165) is 10.9 Å². The van der Waals surface area contributed by atoms with Crippen molar-refractivity contribution in [2.45, 2.75) is 0 Å². The molecule has 1 saturated heterocycles. The molecular weight excluding hydrogens is 474 g/mol. The summed E-state index contributed by atoms with van der Waals surface area (Å²) in [6.45, 7) is 0.792. The van der Waals surface area contributed by atoms with Gasteiger partial charge >= 0.3 is 10.2 Å². The van der Waals surface area contributed by atoms with Crippen molar-refractivity contribution in [1.29, 1.82) is 0 Å². The molecule has 0 bridgehead atoms. The van der Waals surface area contributed by atoms with Gasteiger partial charge in [-0.2, -0.15) is 12.7 Å². The lowest BCUT2D eigenvalue weighted by Crippen LogP contribution is -2.30. The van der Waals surface area contributed by atoms with E-state index in [1.165, 1.54) is 8.61 Å². The highest BCUT2D eigenvalue weighted by atomic mass is 35.5. The Balaban J connectivity index is 1.40. The average molecular weight is 494 g/mol. The van der Waals surface area contributed by atoms with Gasteiger partial charge in [0.25, 0.3) is 5.91 Å². The minimum atomic E-state index is -3.51. The lowest BCUT2D eigenvalue weighted by atomic mass is 10.1. The van der Waals surface area contributed by atoms with Gasteiger partial charge in [-0.05, 0) is 60.7 Å². The number of rotatable bonds is 4. The predicted octanol–water partition coefficient (Wildman–Crippen LogP) is 4.20. The summed E-state index contributed by atoms with van der Waals surface area (Å²) in [6.07, 6.45) is 3.39. The molecule has 2 aromatic carbocycles. The van der Waals surface area contributed by atoms with Crippen molar-refractivity contribution in [1.82, 2.24) is 14.3 Å². The van der Waals surface area contributed by atoms with Crippen LogP contribution in [0.15, 0.2) is 73.1 Å². The quantitative estimate of drug-likeness (QED) is 0.459. The van der Waals surface area contributed by atoms with Crippen LogP contribution in [-0.4, -0.2) is 48.7 Å². The highest BCUT2D eigenvalue weighted by Crippen LogP contribution is 2.33. The van der Waals surface area contributed by atoms with E-state index in [-0.39, 0.29) is 5.91 Å². The Morgan fingerprint density at radius 3 is 2.53 bits per heavy atom. The maximum Gasteiger partial charge on any atom is 0.303 e. The molecule has 10 heteroatoms. The van der Waals surface area contributed by atoms with Crippen molar-refractivity contribution in [3.05, 3.63) is 83.6 Å². The first-order chi connectivity index (χ1) is 16.3. The van der Waals surface area contributed by atoms with E-state index in [0.29, 0.717) is 46.3 Å². The summed E-state index contributed by atoms with van der Waals surface area (Å²) in [5.41, 5.74) is 3.62. The van der Waals surface area contributed by atoms with E-state index in [1.807, 2.05) is 18.2 Å². The maximum absolute atomic E-state index is 12.9. The van der Waals surface area contributed by atoms with Crippen molar-refractivity contribution in [2.24, 2.45) is 0 Å². The number of anilines is 2. The highest BCUT2D eigenvalue weighted by molar-refractivity contribution is 7.90. The maximum atomic E-state index is 12.9. The van der Waals surface area contributed by atoms with Gasteiger partial charge in [0.15, 0.2) is 0 Å². The number of fused-ring (bicyclic) bond motifs is 1. The first-order valence-corrected chi connectivity index (χ1v) is 12.3. The number of halogens is 1. The monoisotopic (exact) mass is 493 g/mol. The van der Waals surface area contributed by atoms with Gasteiger partial charge < -0.3 is 5.32 Å². The van der Waals surface area contributed by atoms with E-state index >= 15 is 0 Å². The number of benzene rings is 2. The minimum Gasteiger partial charge on any atom is -0.322 e. The molecule has 5 rings (SSSR count). The normalized spacial score (nSPS) is 15.5. The molecule has 0 radical (unpaired) electrons. The van der Waals surface area contributed by atoms with Gasteiger partial charge in [-0.25, -0.2) is 0 Å². The lowest BCUT2D eigenvalue weighted by molar-refractivity contribution is 0.102. The smallest absolute Gasteiger partial charge is 0.303 e. The first kappa shape index (κ1) is 22.3. The van der Waals surface area contributed by atoms with E-state index < -0.39 is 10.2 Å². The van der Waals surface area contributed by atoms with Crippen molar-refractivity contribution >= 4 is 50.0 Å². The van der Waals surface area contributed by atoms with Crippen molar-refractivity contribution in [3.8, 4) is 11.3 Å². The van der Waals surface area contributed by atoms with Crippen molar-refractivity contribution in [2.75, 3.05) is 29.8 Å². The van der Waals surface area contributed by atoms with E-state index in [4.69, 9.17) is 11.6 Å². The molecule has 1 aliphatic rings. The van der Waals surface area contributed by atoms with Crippen LogP contribution in [0.3, 0.4) is 0 Å². The zero-order chi connectivity index (χ0) is 23.9. The second-order valence-corrected chi connectivity index (χ2v) is 10.2. The molecule has 34 heavy (non-hydrogen) atoms. The summed E-state index contributed by atoms with van der Waals surface area (Å²) in [5, 5.41) is 4.23. The molecule has 0 atom stereocenters. The Bertz CT molecular complexity index is 1500. The number of nitrogens with one attached hydrogen (secondary N) is 1. The summed E-state index contributed by atoms with van der Waals surface area (Å²) in [6, 6.07) is 17.3.